The van der Waals surface area contributed by atoms with Gasteiger partial charge in [-0.2, -0.15) is 0 Å². The third-order valence-electron chi connectivity index (χ3n) is 5.28. The number of rotatable bonds is 4. The van der Waals surface area contributed by atoms with Crippen LogP contribution in [0.25, 0.3) is 16.6 Å². The third kappa shape index (κ3) is 4.29. The van der Waals surface area contributed by atoms with E-state index >= 15 is 0 Å². The standard InChI is InChI=1S/C22H23FN4O2/c23-15-10-12-17(13-11-15)27-20(26-19-9-5-4-8-18(19)21(27)28)14-24-22(29)25-16-6-2-1-3-7-16/h4-5,8-13,16H,1-3,6-7,14H2,(H2,24,25,29). The fourth-order valence-electron chi connectivity index (χ4n) is 3.80. The molecule has 2 amide bonds. The van der Waals surface area contributed by atoms with E-state index in [1.54, 1.807) is 18.2 Å². The largest absolute Gasteiger partial charge is 0.335 e. The van der Waals surface area contributed by atoms with Crippen molar-refractivity contribution in [2.75, 3.05) is 0 Å². The number of nitrogens with one attached hydrogen (secondary N) is 2. The molecule has 1 aliphatic rings. The Hall–Kier alpha value is -3.22. The Bertz CT molecular complexity index is 1070. The summed E-state index contributed by atoms with van der Waals surface area (Å²) < 4.78 is 14.8. The van der Waals surface area contributed by atoms with Crippen molar-refractivity contribution in [2.24, 2.45) is 0 Å². The minimum atomic E-state index is -0.387. The molecule has 150 valence electrons. The predicted molar refractivity (Wildman–Crippen MR) is 110 cm³/mol. The van der Waals surface area contributed by atoms with E-state index in [9.17, 15) is 14.0 Å². The summed E-state index contributed by atoms with van der Waals surface area (Å²) in [5.41, 5.74) is 0.797. The van der Waals surface area contributed by atoms with Gasteiger partial charge in [0.05, 0.1) is 23.1 Å². The molecule has 0 aliphatic heterocycles. The number of para-hydroxylation sites is 1. The molecule has 7 heteroatoms. The molecule has 0 bridgehead atoms. The Labute approximate surface area is 167 Å². The zero-order valence-corrected chi connectivity index (χ0v) is 16.0. The first-order valence-electron chi connectivity index (χ1n) is 9.93. The van der Waals surface area contributed by atoms with Gasteiger partial charge in [0, 0.05) is 6.04 Å². The average molecular weight is 394 g/mol. The summed E-state index contributed by atoms with van der Waals surface area (Å²) >= 11 is 0. The number of nitrogens with zero attached hydrogens (tertiary/aromatic N) is 2. The van der Waals surface area contributed by atoms with Crippen LogP contribution in [-0.4, -0.2) is 21.6 Å². The number of hydrogen-bond donors (Lipinski definition) is 2. The molecule has 4 rings (SSSR count). The molecule has 6 nitrogen and oxygen atoms in total. The molecule has 1 fully saturated rings. The molecule has 0 atom stereocenters. The number of benzene rings is 2. The lowest BCUT2D eigenvalue weighted by atomic mass is 9.96. The van der Waals surface area contributed by atoms with Crippen molar-refractivity contribution in [1.82, 2.24) is 20.2 Å². The predicted octanol–water partition coefficient (Wildman–Crippen LogP) is 3.66. The summed E-state index contributed by atoms with van der Waals surface area (Å²) in [7, 11) is 0. The van der Waals surface area contributed by atoms with Crippen molar-refractivity contribution >= 4 is 16.9 Å². The minimum Gasteiger partial charge on any atom is -0.335 e. The van der Waals surface area contributed by atoms with Gasteiger partial charge in [-0.25, -0.2) is 14.2 Å². The maximum atomic E-state index is 13.4. The first kappa shape index (κ1) is 19.1. The molecule has 0 unspecified atom stereocenters. The van der Waals surface area contributed by atoms with Crippen LogP contribution < -0.4 is 16.2 Å². The highest BCUT2D eigenvalue weighted by molar-refractivity contribution is 5.78. The molecule has 0 spiro atoms. The molecule has 29 heavy (non-hydrogen) atoms. The smallest absolute Gasteiger partial charge is 0.315 e. The second kappa shape index (κ2) is 8.43. The molecule has 1 aromatic heterocycles. The highest BCUT2D eigenvalue weighted by Gasteiger charge is 2.17. The zero-order chi connectivity index (χ0) is 20.2. The van der Waals surface area contributed by atoms with Crippen LogP contribution in [-0.2, 0) is 6.54 Å². The lowest BCUT2D eigenvalue weighted by Gasteiger charge is -2.23. The molecule has 1 saturated carbocycles. The van der Waals surface area contributed by atoms with Crippen LogP contribution in [0.2, 0.25) is 0 Å². The van der Waals surface area contributed by atoms with Crippen LogP contribution in [0.15, 0.2) is 53.3 Å². The van der Waals surface area contributed by atoms with Crippen LogP contribution in [0.4, 0.5) is 9.18 Å². The van der Waals surface area contributed by atoms with Gasteiger partial charge < -0.3 is 10.6 Å². The van der Waals surface area contributed by atoms with Crippen molar-refractivity contribution < 1.29 is 9.18 Å². The summed E-state index contributed by atoms with van der Waals surface area (Å²) in [6, 6.07) is 12.6. The Balaban J connectivity index is 1.63. The van der Waals surface area contributed by atoms with Crippen LogP contribution in [0.5, 0.6) is 0 Å². The Morgan fingerprint density at radius 2 is 1.79 bits per heavy atom. The van der Waals surface area contributed by atoms with Gasteiger partial charge in [0.1, 0.15) is 11.6 Å². The summed E-state index contributed by atoms with van der Waals surface area (Å²) in [5.74, 6) is 0.00110. The van der Waals surface area contributed by atoms with Crippen molar-refractivity contribution in [3.8, 4) is 5.69 Å². The van der Waals surface area contributed by atoms with Gasteiger partial charge in [-0.05, 0) is 49.2 Å². The second-order valence-electron chi connectivity index (χ2n) is 7.32. The van der Waals surface area contributed by atoms with Crippen LogP contribution >= 0.6 is 0 Å². The van der Waals surface area contributed by atoms with E-state index in [0.29, 0.717) is 22.4 Å². The van der Waals surface area contributed by atoms with Gasteiger partial charge in [0.2, 0.25) is 0 Å². The molecular formula is C22H23FN4O2. The zero-order valence-electron chi connectivity index (χ0n) is 16.0. The van der Waals surface area contributed by atoms with Gasteiger partial charge in [0.15, 0.2) is 0 Å². The lowest BCUT2D eigenvalue weighted by Crippen LogP contribution is -2.43. The third-order valence-corrected chi connectivity index (χ3v) is 5.28. The van der Waals surface area contributed by atoms with Gasteiger partial charge in [-0.1, -0.05) is 31.4 Å². The Morgan fingerprint density at radius 3 is 2.55 bits per heavy atom. The molecule has 2 aromatic carbocycles. The summed E-state index contributed by atoms with van der Waals surface area (Å²) in [5, 5.41) is 6.27. The van der Waals surface area contributed by atoms with Gasteiger partial charge in [-0.3, -0.25) is 9.36 Å². The fraction of sp³-hybridized carbons (Fsp3) is 0.318. The topological polar surface area (TPSA) is 76.0 Å². The van der Waals surface area contributed by atoms with E-state index in [1.807, 2.05) is 6.07 Å². The van der Waals surface area contributed by atoms with E-state index in [2.05, 4.69) is 15.6 Å². The number of urea groups is 1. The van der Waals surface area contributed by atoms with E-state index in [1.165, 1.54) is 35.3 Å². The number of carbonyl (C=O) groups is 1. The SMILES string of the molecule is O=C(NCc1nc2ccccc2c(=O)n1-c1ccc(F)cc1)NC1CCCCC1. The van der Waals surface area contributed by atoms with Crippen molar-refractivity contribution in [2.45, 2.75) is 44.7 Å². The fourth-order valence-corrected chi connectivity index (χ4v) is 3.80. The average Bonchev–Trinajstić information content (AvgIpc) is 2.74. The van der Waals surface area contributed by atoms with Crippen LogP contribution in [0, 0.1) is 5.82 Å². The molecule has 0 radical (unpaired) electrons. The van der Waals surface area contributed by atoms with Crippen molar-refractivity contribution in [3.63, 3.8) is 0 Å². The number of carbonyl (C=O) groups excluding carboxylic acids is 1. The van der Waals surface area contributed by atoms with E-state index in [4.69, 9.17) is 0 Å². The van der Waals surface area contributed by atoms with Gasteiger partial charge >= 0.3 is 6.03 Å². The maximum Gasteiger partial charge on any atom is 0.315 e. The first-order valence-corrected chi connectivity index (χ1v) is 9.93. The van der Waals surface area contributed by atoms with E-state index in [0.717, 1.165) is 25.7 Å². The molecular weight excluding hydrogens is 371 g/mol. The van der Waals surface area contributed by atoms with Crippen molar-refractivity contribution in [1.29, 1.82) is 0 Å². The van der Waals surface area contributed by atoms with Crippen molar-refractivity contribution in [3.05, 3.63) is 70.5 Å². The summed E-state index contributed by atoms with van der Waals surface area (Å²) in [4.78, 5) is 30.0. The van der Waals surface area contributed by atoms with Crippen LogP contribution in [0.3, 0.4) is 0 Å². The van der Waals surface area contributed by atoms with Gasteiger partial charge in [-0.15, -0.1) is 0 Å². The Kier molecular flexibility index (Phi) is 5.55. The molecule has 1 aliphatic carbocycles. The molecule has 3 aromatic rings. The number of aromatic nitrogens is 2. The molecule has 1 heterocycles. The maximum absolute atomic E-state index is 13.4. The number of amides is 2. The minimum absolute atomic E-state index is 0.0794. The lowest BCUT2D eigenvalue weighted by molar-refractivity contribution is 0.232. The monoisotopic (exact) mass is 394 g/mol. The van der Waals surface area contributed by atoms with E-state index in [-0.39, 0.29) is 30.0 Å². The van der Waals surface area contributed by atoms with Crippen LogP contribution in [0.1, 0.15) is 37.9 Å². The summed E-state index contributed by atoms with van der Waals surface area (Å²) in [6.45, 7) is 0.0794. The van der Waals surface area contributed by atoms with Gasteiger partial charge in [0.25, 0.3) is 5.56 Å². The summed E-state index contributed by atoms with van der Waals surface area (Å²) in [6.07, 6.45) is 5.44. The molecule has 2 N–H and O–H groups in total. The number of fused-ring (bicyclic) bond motifs is 1. The van der Waals surface area contributed by atoms with E-state index < -0.39 is 0 Å². The first-order chi connectivity index (χ1) is 14.1. The quantitative estimate of drug-likeness (QED) is 0.709. The highest BCUT2D eigenvalue weighted by atomic mass is 19.1. The second-order valence-corrected chi connectivity index (χ2v) is 7.32. The molecule has 0 saturated heterocycles. The normalized spacial score (nSPS) is 14.7. The highest BCUT2D eigenvalue weighted by Crippen LogP contribution is 2.17. The number of hydrogen-bond acceptors (Lipinski definition) is 3. The Morgan fingerprint density at radius 1 is 1.07 bits per heavy atom. The number of halogens is 1.